The minimum Gasteiger partial charge on any atom is -0.493 e. The Kier molecular flexibility index (Phi) is 4.76. The van der Waals surface area contributed by atoms with E-state index in [0.29, 0.717) is 12.2 Å². The number of hydrogen-bond donors (Lipinski definition) is 2. The van der Waals surface area contributed by atoms with Crippen LogP contribution in [0.1, 0.15) is 55.4 Å². The molecule has 1 aromatic heterocycles. The van der Waals surface area contributed by atoms with E-state index in [0.717, 1.165) is 42.7 Å². The van der Waals surface area contributed by atoms with E-state index in [4.69, 9.17) is 4.74 Å². The van der Waals surface area contributed by atoms with Gasteiger partial charge in [-0.15, -0.1) is 0 Å². The zero-order valence-electron chi connectivity index (χ0n) is 17.3. The number of ether oxygens (including phenoxy) is 1. The molecule has 0 unspecified atom stereocenters. The molecule has 2 N–H and O–H groups in total. The van der Waals surface area contributed by atoms with Crippen molar-refractivity contribution >= 4 is 11.8 Å². The Balaban J connectivity index is 1.22. The standard InChI is InChI=1S/C23H28N4O3/c1-30-19-14-27(18-5-3-2-4-6-18)26-21(19)22(29)25-24-20(28)13-23-10-15-7-16(11-23)9-17(8-15)12-23/h2-6,14-17H,7-13H2,1H3,(H,24,28)(H,25,29). The Bertz CT molecular complexity index is 917. The van der Waals surface area contributed by atoms with Gasteiger partial charge in [0.2, 0.25) is 5.91 Å². The predicted octanol–water partition coefficient (Wildman–Crippen LogP) is 3.25. The number of benzene rings is 1. The van der Waals surface area contributed by atoms with Crippen LogP contribution < -0.4 is 15.6 Å². The number of carbonyl (C=O) groups is 2. The SMILES string of the molecule is COc1cn(-c2ccccc2)nc1C(=O)NNC(=O)CC12CC3CC(CC(C3)C1)C2. The van der Waals surface area contributed by atoms with E-state index in [9.17, 15) is 9.59 Å². The number of nitrogens with one attached hydrogen (secondary N) is 2. The molecule has 4 saturated carbocycles. The Labute approximate surface area is 176 Å². The average molecular weight is 409 g/mol. The van der Waals surface area contributed by atoms with Gasteiger partial charge in [0.15, 0.2) is 11.4 Å². The maximum Gasteiger partial charge on any atom is 0.294 e. The van der Waals surface area contributed by atoms with E-state index in [1.54, 1.807) is 10.9 Å². The fourth-order valence-electron chi connectivity index (χ4n) is 6.45. The molecule has 0 aliphatic heterocycles. The monoisotopic (exact) mass is 408 g/mol. The van der Waals surface area contributed by atoms with E-state index < -0.39 is 5.91 Å². The lowest BCUT2D eigenvalue weighted by Gasteiger charge is -2.56. The van der Waals surface area contributed by atoms with Gasteiger partial charge in [-0.1, -0.05) is 18.2 Å². The molecule has 4 fully saturated rings. The van der Waals surface area contributed by atoms with E-state index in [1.807, 2.05) is 30.3 Å². The van der Waals surface area contributed by atoms with Crippen molar-refractivity contribution in [2.75, 3.05) is 7.11 Å². The normalized spacial score (nSPS) is 28.9. The van der Waals surface area contributed by atoms with Gasteiger partial charge in [0.1, 0.15) is 0 Å². The van der Waals surface area contributed by atoms with Gasteiger partial charge in [-0.25, -0.2) is 4.68 Å². The van der Waals surface area contributed by atoms with E-state index in [2.05, 4.69) is 16.0 Å². The lowest BCUT2D eigenvalue weighted by Crippen LogP contribution is -2.50. The molecule has 4 aliphatic carbocycles. The molecule has 0 spiro atoms. The van der Waals surface area contributed by atoms with Gasteiger partial charge in [-0.3, -0.25) is 20.4 Å². The number of rotatable bonds is 5. The van der Waals surface area contributed by atoms with Crippen LogP contribution >= 0.6 is 0 Å². The van der Waals surface area contributed by atoms with E-state index in [-0.39, 0.29) is 17.0 Å². The van der Waals surface area contributed by atoms with Gasteiger partial charge in [-0.2, -0.15) is 5.10 Å². The third kappa shape index (κ3) is 3.57. The van der Waals surface area contributed by atoms with Crippen LogP contribution in [0.15, 0.2) is 36.5 Å². The Morgan fingerprint density at radius 2 is 1.70 bits per heavy atom. The smallest absolute Gasteiger partial charge is 0.294 e. The molecule has 1 heterocycles. The van der Waals surface area contributed by atoms with Crippen LogP contribution in [-0.2, 0) is 4.79 Å². The highest BCUT2D eigenvalue weighted by Crippen LogP contribution is 2.61. The molecule has 4 aliphatic rings. The first-order valence-electron chi connectivity index (χ1n) is 10.8. The van der Waals surface area contributed by atoms with Crippen LogP contribution in [0.3, 0.4) is 0 Å². The summed E-state index contributed by atoms with van der Waals surface area (Å²) in [5.41, 5.74) is 6.23. The van der Waals surface area contributed by atoms with Crippen molar-refractivity contribution in [1.82, 2.24) is 20.6 Å². The first-order valence-corrected chi connectivity index (χ1v) is 10.8. The first-order chi connectivity index (χ1) is 14.5. The van der Waals surface area contributed by atoms with Gasteiger partial charge in [0.25, 0.3) is 5.91 Å². The Morgan fingerprint density at radius 3 is 2.30 bits per heavy atom. The number of aromatic nitrogens is 2. The minimum atomic E-state index is -0.486. The largest absolute Gasteiger partial charge is 0.493 e. The molecule has 1 aromatic carbocycles. The van der Waals surface area contributed by atoms with Gasteiger partial charge in [0, 0.05) is 6.42 Å². The number of para-hydroxylation sites is 1. The summed E-state index contributed by atoms with van der Waals surface area (Å²) in [5, 5.41) is 4.34. The van der Waals surface area contributed by atoms with Crippen molar-refractivity contribution in [3.63, 3.8) is 0 Å². The molecule has 7 heteroatoms. The molecule has 2 aromatic rings. The summed E-state index contributed by atoms with van der Waals surface area (Å²) < 4.78 is 6.90. The van der Waals surface area contributed by atoms with Crippen molar-refractivity contribution in [2.24, 2.45) is 23.2 Å². The fraction of sp³-hybridized carbons (Fsp3) is 0.522. The highest BCUT2D eigenvalue weighted by molar-refractivity contribution is 5.96. The van der Waals surface area contributed by atoms with Crippen LogP contribution in [0.5, 0.6) is 5.75 Å². The van der Waals surface area contributed by atoms with Crippen LogP contribution in [0.2, 0.25) is 0 Å². The molecule has 7 nitrogen and oxygen atoms in total. The number of carbonyl (C=O) groups excluding carboxylic acids is 2. The van der Waals surface area contributed by atoms with Gasteiger partial charge < -0.3 is 4.74 Å². The fourth-order valence-corrected chi connectivity index (χ4v) is 6.45. The number of nitrogens with zero attached hydrogens (tertiary/aromatic N) is 2. The molecule has 2 amide bonds. The van der Waals surface area contributed by atoms with Crippen LogP contribution in [0.4, 0.5) is 0 Å². The van der Waals surface area contributed by atoms with Gasteiger partial charge >= 0.3 is 0 Å². The lowest BCUT2D eigenvalue weighted by molar-refractivity contribution is -0.130. The van der Waals surface area contributed by atoms with Crippen molar-refractivity contribution in [3.8, 4) is 11.4 Å². The molecular weight excluding hydrogens is 380 g/mol. The van der Waals surface area contributed by atoms with Crippen LogP contribution in [0.25, 0.3) is 5.69 Å². The number of methoxy groups -OCH3 is 1. The van der Waals surface area contributed by atoms with Crippen molar-refractivity contribution in [3.05, 3.63) is 42.2 Å². The third-order valence-electron chi connectivity index (χ3n) is 7.15. The highest BCUT2D eigenvalue weighted by Gasteiger charge is 2.51. The number of hydrazine groups is 1. The lowest BCUT2D eigenvalue weighted by atomic mass is 9.49. The molecule has 0 atom stereocenters. The van der Waals surface area contributed by atoms with Crippen molar-refractivity contribution in [1.29, 1.82) is 0 Å². The molecule has 4 bridgehead atoms. The summed E-state index contributed by atoms with van der Waals surface area (Å²) in [7, 11) is 1.49. The van der Waals surface area contributed by atoms with E-state index >= 15 is 0 Å². The zero-order valence-corrected chi connectivity index (χ0v) is 17.3. The van der Waals surface area contributed by atoms with Crippen molar-refractivity contribution in [2.45, 2.75) is 44.9 Å². The molecular formula is C23H28N4O3. The second-order valence-corrected chi connectivity index (χ2v) is 9.42. The quantitative estimate of drug-likeness (QED) is 0.744. The maximum absolute atomic E-state index is 12.7. The number of hydrogen-bond acceptors (Lipinski definition) is 4. The first kappa shape index (κ1) is 19.2. The predicted molar refractivity (Wildman–Crippen MR) is 111 cm³/mol. The molecule has 30 heavy (non-hydrogen) atoms. The Hall–Kier alpha value is -2.83. The summed E-state index contributed by atoms with van der Waals surface area (Å²) >= 11 is 0. The minimum absolute atomic E-state index is 0.119. The van der Waals surface area contributed by atoms with Gasteiger partial charge in [-0.05, 0) is 73.8 Å². The van der Waals surface area contributed by atoms with Gasteiger partial charge in [0.05, 0.1) is 19.0 Å². The summed E-state index contributed by atoms with van der Waals surface area (Å²) in [6.07, 6.45) is 9.68. The molecule has 6 rings (SSSR count). The third-order valence-corrected chi connectivity index (χ3v) is 7.15. The average Bonchev–Trinajstić information content (AvgIpc) is 3.16. The summed E-state index contributed by atoms with van der Waals surface area (Å²) in [5.74, 6) is 2.14. The summed E-state index contributed by atoms with van der Waals surface area (Å²) in [4.78, 5) is 25.3. The topological polar surface area (TPSA) is 85.2 Å². The number of amides is 2. The maximum atomic E-state index is 12.7. The summed E-state index contributed by atoms with van der Waals surface area (Å²) in [6, 6.07) is 9.49. The van der Waals surface area contributed by atoms with E-state index in [1.165, 1.54) is 26.4 Å². The Morgan fingerprint density at radius 1 is 1.07 bits per heavy atom. The van der Waals surface area contributed by atoms with Crippen LogP contribution in [0, 0.1) is 23.2 Å². The second kappa shape index (κ2) is 7.45. The van der Waals surface area contributed by atoms with Crippen LogP contribution in [-0.4, -0.2) is 28.7 Å². The molecule has 0 radical (unpaired) electrons. The van der Waals surface area contributed by atoms with Crippen molar-refractivity contribution < 1.29 is 14.3 Å². The second-order valence-electron chi connectivity index (χ2n) is 9.42. The molecule has 158 valence electrons. The highest BCUT2D eigenvalue weighted by atomic mass is 16.5. The zero-order chi connectivity index (χ0) is 20.7. The summed E-state index contributed by atoms with van der Waals surface area (Å²) in [6.45, 7) is 0. The molecule has 0 saturated heterocycles.